The molecule has 27 heavy (non-hydrogen) atoms. The second-order valence-electron chi connectivity index (χ2n) is 6.40. The van der Waals surface area contributed by atoms with Crippen LogP contribution in [0.15, 0.2) is 54.9 Å². The van der Waals surface area contributed by atoms with Gasteiger partial charge in [-0.2, -0.15) is 5.26 Å². The summed E-state index contributed by atoms with van der Waals surface area (Å²) in [6.45, 7) is 3.81. The lowest BCUT2D eigenvalue weighted by molar-refractivity contribution is 0.0976. The average Bonchev–Trinajstić information content (AvgIpc) is 3.23. The molecule has 4 rings (SSSR count). The van der Waals surface area contributed by atoms with Crippen LogP contribution in [0.2, 0.25) is 0 Å². The van der Waals surface area contributed by atoms with Gasteiger partial charge in [-0.15, -0.1) is 0 Å². The number of carbonyl (C=O) groups excluding carboxylic acids is 1. The second-order valence-corrected chi connectivity index (χ2v) is 6.40. The number of rotatable bonds is 4. The number of imidazole rings is 1. The third-order valence-electron chi connectivity index (χ3n) is 4.67. The Morgan fingerprint density at radius 1 is 1.22 bits per heavy atom. The fourth-order valence-corrected chi connectivity index (χ4v) is 3.40. The number of carbonyl (C=O) groups is 1. The molecule has 0 aliphatic heterocycles. The lowest BCUT2D eigenvalue weighted by Gasteiger charge is -2.10. The number of ketones is 1. The zero-order valence-electron chi connectivity index (χ0n) is 15.0. The van der Waals surface area contributed by atoms with E-state index in [1.807, 2.05) is 60.9 Å². The lowest BCUT2D eigenvalue weighted by atomic mass is 9.98. The van der Waals surface area contributed by atoms with Crippen molar-refractivity contribution in [3.63, 3.8) is 0 Å². The molecule has 0 saturated heterocycles. The van der Waals surface area contributed by atoms with Crippen LogP contribution in [0.5, 0.6) is 0 Å². The number of H-pyrrole nitrogens is 1. The molecule has 3 heterocycles. The maximum Gasteiger partial charge on any atom is 0.189 e. The number of hydrogen-bond acceptors (Lipinski definition) is 4. The minimum absolute atomic E-state index is 0.264. The van der Waals surface area contributed by atoms with Crippen molar-refractivity contribution < 1.29 is 4.79 Å². The van der Waals surface area contributed by atoms with Crippen LogP contribution in [0, 0.1) is 25.2 Å². The number of aromatic amines is 1. The number of benzene rings is 1. The summed E-state index contributed by atoms with van der Waals surface area (Å²) >= 11 is 0. The van der Waals surface area contributed by atoms with Gasteiger partial charge in [0.05, 0.1) is 29.0 Å². The molecule has 1 N–H and O–H groups in total. The number of Topliss-reactive ketones (excluding diaryl/α,β-unsaturated/α-hetero) is 1. The number of fused-ring (bicyclic) bond motifs is 1. The van der Waals surface area contributed by atoms with E-state index in [-0.39, 0.29) is 5.78 Å². The molecule has 132 valence electrons. The molecule has 0 radical (unpaired) electrons. The largest absolute Gasteiger partial charge is 0.340 e. The van der Waals surface area contributed by atoms with Crippen LogP contribution in [-0.2, 0) is 0 Å². The first kappa shape index (κ1) is 16.7. The molecule has 0 saturated carbocycles. The minimum Gasteiger partial charge on any atom is -0.340 e. The highest BCUT2D eigenvalue weighted by atomic mass is 16.1. The van der Waals surface area contributed by atoms with Gasteiger partial charge in [-0.25, -0.2) is 4.98 Å². The quantitative estimate of drug-likeness (QED) is 0.563. The molecule has 1 atom stereocenters. The highest BCUT2D eigenvalue weighted by Gasteiger charge is 2.28. The Morgan fingerprint density at radius 2 is 2.04 bits per heavy atom. The Balaban J connectivity index is 1.76. The summed E-state index contributed by atoms with van der Waals surface area (Å²) in [6.07, 6.45) is 3.45. The van der Waals surface area contributed by atoms with Crippen LogP contribution in [0.1, 0.15) is 33.5 Å². The number of aryl methyl sites for hydroxylation is 1. The van der Waals surface area contributed by atoms with Gasteiger partial charge in [0.2, 0.25) is 0 Å². The van der Waals surface area contributed by atoms with Crippen molar-refractivity contribution in [1.82, 2.24) is 19.5 Å². The fraction of sp³-hybridized carbons (Fsp3) is 0.143. The van der Waals surface area contributed by atoms with E-state index in [0.29, 0.717) is 11.4 Å². The SMILES string of the molecule is Cc1cc(C(=O)C(C#N)c2nc3ccccc3[nH]2)c(C)n1-c1cccnc1. The molecular weight excluding hydrogens is 338 g/mol. The maximum absolute atomic E-state index is 13.2. The van der Waals surface area contributed by atoms with Crippen molar-refractivity contribution in [2.45, 2.75) is 19.8 Å². The van der Waals surface area contributed by atoms with E-state index >= 15 is 0 Å². The molecule has 6 heteroatoms. The van der Waals surface area contributed by atoms with Crippen molar-refractivity contribution in [3.8, 4) is 11.8 Å². The molecule has 1 unspecified atom stereocenters. The Kier molecular flexibility index (Phi) is 4.05. The van der Waals surface area contributed by atoms with E-state index < -0.39 is 5.92 Å². The molecule has 6 nitrogen and oxygen atoms in total. The zero-order valence-corrected chi connectivity index (χ0v) is 15.0. The summed E-state index contributed by atoms with van der Waals surface area (Å²) in [4.78, 5) is 24.8. The second kappa shape index (κ2) is 6.54. The monoisotopic (exact) mass is 355 g/mol. The maximum atomic E-state index is 13.2. The summed E-state index contributed by atoms with van der Waals surface area (Å²) in [5, 5.41) is 9.67. The molecule has 1 aromatic carbocycles. The molecule has 0 aliphatic carbocycles. The molecular formula is C21H17N5O. The summed E-state index contributed by atoms with van der Waals surface area (Å²) in [5.41, 5.74) is 4.63. The first-order valence-electron chi connectivity index (χ1n) is 8.58. The minimum atomic E-state index is -0.986. The van der Waals surface area contributed by atoms with Crippen LogP contribution < -0.4 is 0 Å². The number of nitrogens with zero attached hydrogens (tertiary/aromatic N) is 4. The number of hydrogen-bond donors (Lipinski definition) is 1. The Bertz CT molecular complexity index is 1150. The molecule has 0 fully saturated rings. The van der Waals surface area contributed by atoms with Gasteiger partial charge in [0, 0.05) is 23.1 Å². The van der Waals surface area contributed by atoms with Crippen molar-refractivity contribution in [2.24, 2.45) is 0 Å². The van der Waals surface area contributed by atoms with Crippen LogP contribution in [0.4, 0.5) is 0 Å². The van der Waals surface area contributed by atoms with Crippen LogP contribution in [0.25, 0.3) is 16.7 Å². The predicted octanol–water partition coefficient (Wildman–Crippen LogP) is 3.86. The first-order chi connectivity index (χ1) is 13.1. The van der Waals surface area contributed by atoms with Gasteiger partial charge in [0.25, 0.3) is 0 Å². The van der Waals surface area contributed by atoms with E-state index in [2.05, 4.69) is 21.0 Å². The molecule has 0 amide bonds. The molecule has 0 spiro atoms. The van der Waals surface area contributed by atoms with E-state index in [1.54, 1.807) is 12.4 Å². The summed E-state index contributed by atoms with van der Waals surface area (Å²) in [6, 6.07) is 15.2. The first-order valence-corrected chi connectivity index (χ1v) is 8.58. The average molecular weight is 355 g/mol. The Morgan fingerprint density at radius 3 is 2.74 bits per heavy atom. The van der Waals surface area contributed by atoms with Gasteiger partial charge >= 0.3 is 0 Å². The van der Waals surface area contributed by atoms with Gasteiger partial charge in [0.15, 0.2) is 11.7 Å². The fourth-order valence-electron chi connectivity index (χ4n) is 3.40. The van der Waals surface area contributed by atoms with E-state index in [9.17, 15) is 10.1 Å². The smallest absolute Gasteiger partial charge is 0.189 e. The molecule has 4 aromatic rings. The molecule has 0 aliphatic rings. The molecule has 3 aromatic heterocycles. The standard InChI is InChI=1S/C21H17N5O/c1-13-10-16(14(2)26(13)15-6-5-9-23-12-15)20(27)17(11-22)21-24-18-7-3-4-8-19(18)25-21/h3-10,12,17H,1-2H3,(H,24,25). The van der Waals surface area contributed by atoms with Gasteiger partial charge < -0.3 is 9.55 Å². The van der Waals surface area contributed by atoms with Gasteiger partial charge in [-0.3, -0.25) is 9.78 Å². The normalized spacial score (nSPS) is 12.0. The summed E-state index contributed by atoms with van der Waals surface area (Å²) in [7, 11) is 0. The third-order valence-corrected chi connectivity index (χ3v) is 4.67. The lowest BCUT2D eigenvalue weighted by Crippen LogP contribution is -2.14. The summed E-state index contributed by atoms with van der Waals surface area (Å²) < 4.78 is 1.97. The Labute approximate surface area is 156 Å². The van der Waals surface area contributed by atoms with Crippen molar-refractivity contribution in [3.05, 3.63) is 77.6 Å². The van der Waals surface area contributed by atoms with Crippen LogP contribution >= 0.6 is 0 Å². The topological polar surface area (TPSA) is 87.4 Å². The van der Waals surface area contributed by atoms with Crippen LogP contribution in [-0.4, -0.2) is 25.3 Å². The highest BCUT2D eigenvalue weighted by molar-refractivity contribution is 6.04. The Hall–Kier alpha value is -3.72. The van der Waals surface area contributed by atoms with Gasteiger partial charge in [0.1, 0.15) is 5.82 Å². The summed E-state index contributed by atoms with van der Waals surface area (Å²) in [5.74, 6) is -0.880. The molecule has 0 bridgehead atoms. The van der Waals surface area contributed by atoms with Crippen molar-refractivity contribution >= 4 is 16.8 Å². The predicted molar refractivity (Wildman–Crippen MR) is 102 cm³/mol. The van der Waals surface area contributed by atoms with E-state index in [4.69, 9.17) is 0 Å². The van der Waals surface area contributed by atoms with Crippen molar-refractivity contribution in [1.29, 1.82) is 5.26 Å². The van der Waals surface area contributed by atoms with Gasteiger partial charge in [-0.05, 0) is 44.2 Å². The number of pyridine rings is 1. The highest BCUT2D eigenvalue weighted by Crippen LogP contribution is 2.26. The number of nitrogens with one attached hydrogen (secondary N) is 1. The van der Waals surface area contributed by atoms with E-state index in [0.717, 1.165) is 28.1 Å². The zero-order chi connectivity index (χ0) is 19.0. The van der Waals surface area contributed by atoms with Crippen molar-refractivity contribution in [2.75, 3.05) is 0 Å². The van der Waals surface area contributed by atoms with E-state index in [1.165, 1.54) is 0 Å². The third kappa shape index (κ3) is 2.79. The number of para-hydroxylation sites is 2. The van der Waals surface area contributed by atoms with Crippen LogP contribution in [0.3, 0.4) is 0 Å². The number of nitriles is 1. The number of aromatic nitrogens is 4. The van der Waals surface area contributed by atoms with Gasteiger partial charge in [-0.1, -0.05) is 12.1 Å².